The van der Waals surface area contributed by atoms with Gasteiger partial charge in [-0.05, 0) is 76.6 Å². The molecule has 6 heteroatoms. The maximum Gasteiger partial charge on any atom is 0.253 e. The van der Waals surface area contributed by atoms with Gasteiger partial charge in [0.2, 0.25) is 0 Å². The van der Waals surface area contributed by atoms with Gasteiger partial charge in [0, 0.05) is 24.2 Å². The van der Waals surface area contributed by atoms with Crippen LogP contribution >= 0.6 is 0 Å². The lowest BCUT2D eigenvalue weighted by Gasteiger charge is -2.19. The van der Waals surface area contributed by atoms with Gasteiger partial charge in [-0.25, -0.2) is 0 Å². The van der Waals surface area contributed by atoms with Crippen LogP contribution in [-0.2, 0) is 0 Å². The third-order valence-corrected chi connectivity index (χ3v) is 4.84. The van der Waals surface area contributed by atoms with E-state index in [9.17, 15) is 9.59 Å². The largest absolute Gasteiger partial charge is 0.493 e. The second kappa shape index (κ2) is 10.7. The minimum absolute atomic E-state index is 0.0314. The number of hydrogen-bond donors (Lipinski definition) is 1. The van der Waals surface area contributed by atoms with Gasteiger partial charge >= 0.3 is 0 Å². The Morgan fingerprint density at radius 2 is 1.53 bits per heavy atom. The number of hydrogen-bond acceptors (Lipinski definition) is 4. The van der Waals surface area contributed by atoms with Crippen molar-refractivity contribution < 1.29 is 19.1 Å². The first kappa shape index (κ1) is 23.3. The molecule has 0 aliphatic carbocycles. The van der Waals surface area contributed by atoms with Crippen molar-refractivity contribution in [2.45, 2.75) is 46.8 Å². The van der Waals surface area contributed by atoms with Gasteiger partial charge in [-0.15, -0.1) is 0 Å². The number of nitrogens with one attached hydrogen (secondary N) is 1. The number of nitrogens with zero attached hydrogens (tertiary/aromatic N) is 1. The standard InChI is InChI=1S/C24H32N2O4/c1-7-26(8-2)24(28)19-11-9-18(10-12-19)23(27)25-17(5)20-13-14-21(30-16(3)4)22(15-20)29-6/h9-17H,7-8H2,1-6H3,(H,25,27). The Labute approximate surface area is 179 Å². The van der Waals surface area contributed by atoms with Gasteiger partial charge in [0.1, 0.15) is 0 Å². The number of amides is 2. The summed E-state index contributed by atoms with van der Waals surface area (Å²) in [5.41, 5.74) is 1.99. The van der Waals surface area contributed by atoms with Crippen molar-refractivity contribution in [1.29, 1.82) is 0 Å². The maximum absolute atomic E-state index is 12.7. The van der Waals surface area contributed by atoms with Crippen LogP contribution in [0.3, 0.4) is 0 Å². The van der Waals surface area contributed by atoms with Crippen LogP contribution in [0.15, 0.2) is 42.5 Å². The quantitative estimate of drug-likeness (QED) is 0.660. The zero-order chi connectivity index (χ0) is 22.3. The van der Waals surface area contributed by atoms with Crippen molar-refractivity contribution in [3.63, 3.8) is 0 Å². The van der Waals surface area contributed by atoms with E-state index < -0.39 is 0 Å². The molecule has 1 N–H and O–H groups in total. The molecule has 1 atom stereocenters. The SMILES string of the molecule is CCN(CC)C(=O)c1ccc(C(=O)NC(C)c2ccc(OC(C)C)c(OC)c2)cc1. The molecule has 0 saturated heterocycles. The summed E-state index contributed by atoms with van der Waals surface area (Å²) in [5, 5.41) is 2.99. The molecule has 2 amide bonds. The Hall–Kier alpha value is -3.02. The highest BCUT2D eigenvalue weighted by Crippen LogP contribution is 2.31. The Kier molecular flexibility index (Phi) is 8.27. The van der Waals surface area contributed by atoms with Crippen molar-refractivity contribution >= 4 is 11.8 Å². The van der Waals surface area contributed by atoms with Crippen molar-refractivity contribution in [1.82, 2.24) is 10.2 Å². The summed E-state index contributed by atoms with van der Waals surface area (Å²) in [6, 6.07) is 12.2. The van der Waals surface area contributed by atoms with Gasteiger partial charge in [0.05, 0.1) is 19.3 Å². The van der Waals surface area contributed by atoms with Gasteiger partial charge in [-0.1, -0.05) is 6.07 Å². The molecule has 0 bridgehead atoms. The van der Waals surface area contributed by atoms with E-state index in [-0.39, 0.29) is 24.0 Å². The molecule has 0 aliphatic rings. The summed E-state index contributed by atoms with van der Waals surface area (Å²) < 4.78 is 11.2. The van der Waals surface area contributed by atoms with E-state index >= 15 is 0 Å². The molecule has 2 rings (SSSR count). The third kappa shape index (κ3) is 5.75. The predicted molar refractivity (Wildman–Crippen MR) is 118 cm³/mol. The number of rotatable bonds is 9. The van der Waals surface area contributed by atoms with E-state index in [1.54, 1.807) is 36.3 Å². The van der Waals surface area contributed by atoms with Crippen molar-refractivity contribution in [2.75, 3.05) is 20.2 Å². The number of ether oxygens (including phenoxy) is 2. The van der Waals surface area contributed by atoms with Crippen molar-refractivity contribution in [3.05, 3.63) is 59.2 Å². The van der Waals surface area contributed by atoms with Crippen LogP contribution in [0.4, 0.5) is 0 Å². The molecule has 6 nitrogen and oxygen atoms in total. The van der Waals surface area contributed by atoms with E-state index in [1.165, 1.54) is 0 Å². The molecule has 0 spiro atoms. The molecule has 0 radical (unpaired) electrons. The molecule has 0 aliphatic heterocycles. The average molecular weight is 413 g/mol. The Balaban J connectivity index is 2.09. The zero-order valence-electron chi connectivity index (χ0n) is 18.7. The molecular weight excluding hydrogens is 380 g/mol. The number of benzene rings is 2. The van der Waals surface area contributed by atoms with Gasteiger partial charge in [0.25, 0.3) is 11.8 Å². The minimum atomic E-state index is -0.225. The van der Waals surface area contributed by atoms with Crippen LogP contribution in [0.25, 0.3) is 0 Å². The predicted octanol–water partition coefficient (Wildman–Crippen LogP) is 4.46. The van der Waals surface area contributed by atoms with Crippen molar-refractivity contribution in [3.8, 4) is 11.5 Å². The van der Waals surface area contributed by atoms with Crippen LogP contribution in [-0.4, -0.2) is 43.0 Å². The molecule has 2 aromatic carbocycles. The Morgan fingerprint density at radius 1 is 0.933 bits per heavy atom. The summed E-state index contributed by atoms with van der Waals surface area (Å²) >= 11 is 0. The van der Waals surface area contributed by atoms with E-state index in [4.69, 9.17) is 9.47 Å². The molecular formula is C24H32N2O4. The van der Waals surface area contributed by atoms with Gasteiger partial charge in [-0.3, -0.25) is 9.59 Å². The molecule has 0 fully saturated rings. The normalized spacial score (nSPS) is 11.7. The van der Waals surface area contributed by atoms with Crippen LogP contribution in [0.5, 0.6) is 11.5 Å². The Morgan fingerprint density at radius 3 is 2.07 bits per heavy atom. The second-order valence-electron chi connectivity index (χ2n) is 7.33. The van der Waals surface area contributed by atoms with E-state index in [2.05, 4.69) is 5.32 Å². The fourth-order valence-corrected chi connectivity index (χ4v) is 3.13. The number of carbonyl (C=O) groups excluding carboxylic acids is 2. The average Bonchev–Trinajstić information content (AvgIpc) is 2.74. The molecule has 1 unspecified atom stereocenters. The highest BCUT2D eigenvalue weighted by Gasteiger charge is 2.16. The number of methoxy groups -OCH3 is 1. The lowest BCUT2D eigenvalue weighted by molar-refractivity contribution is 0.0772. The van der Waals surface area contributed by atoms with Crippen molar-refractivity contribution in [2.24, 2.45) is 0 Å². The first-order valence-corrected chi connectivity index (χ1v) is 10.3. The van der Waals surface area contributed by atoms with E-state index in [1.807, 2.05) is 52.8 Å². The van der Waals surface area contributed by atoms with E-state index in [0.717, 1.165) is 5.56 Å². The fourth-order valence-electron chi connectivity index (χ4n) is 3.13. The molecule has 2 aromatic rings. The smallest absolute Gasteiger partial charge is 0.253 e. The molecule has 162 valence electrons. The van der Waals surface area contributed by atoms with Crippen LogP contribution in [0.2, 0.25) is 0 Å². The molecule has 0 heterocycles. The van der Waals surface area contributed by atoms with E-state index in [0.29, 0.717) is 35.7 Å². The van der Waals surface area contributed by atoms with Gasteiger partial charge < -0.3 is 19.7 Å². The van der Waals surface area contributed by atoms with Crippen LogP contribution in [0, 0.1) is 0 Å². The summed E-state index contributed by atoms with van der Waals surface area (Å²) in [6.45, 7) is 11.0. The topological polar surface area (TPSA) is 67.9 Å². The summed E-state index contributed by atoms with van der Waals surface area (Å²) in [7, 11) is 1.59. The minimum Gasteiger partial charge on any atom is -0.493 e. The third-order valence-electron chi connectivity index (χ3n) is 4.84. The van der Waals surface area contributed by atoms with Gasteiger partial charge in [0.15, 0.2) is 11.5 Å². The summed E-state index contributed by atoms with van der Waals surface area (Å²) in [6.07, 6.45) is 0.0402. The Bertz CT molecular complexity index is 858. The first-order chi connectivity index (χ1) is 14.3. The highest BCUT2D eigenvalue weighted by molar-refractivity contribution is 5.98. The summed E-state index contributed by atoms with van der Waals surface area (Å²) in [5.74, 6) is 1.06. The summed E-state index contributed by atoms with van der Waals surface area (Å²) in [4.78, 5) is 26.8. The lowest BCUT2D eigenvalue weighted by atomic mass is 10.1. The number of carbonyl (C=O) groups is 2. The molecule has 0 saturated carbocycles. The van der Waals surface area contributed by atoms with Crippen LogP contribution in [0.1, 0.15) is 66.9 Å². The monoisotopic (exact) mass is 412 g/mol. The lowest BCUT2D eigenvalue weighted by Crippen LogP contribution is -2.30. The second-order valence-corrected chi connectivity index (χ2v) is 7.33. The molecule has 30 heavy (non-hydrogen) atoms. The van der Waals surface area contributed by atoms with Gasteiger partial charge in [-0.2, -0.15) is 0 Å². The maximum atomic E-state index is 12.7. The first-order valence-electron chi connectivity index (χ1n) is 10.3. The van der Waals surface area contributed by atoms with Crippen LogP contribution < -0.4 is 14.8 Å². The fraction of sp³-hybridized carbons (Fsp3) is 0.417. The highest BCUT2D eigenvalue weighted by atomic mass is 16.5. The zero-order valence-corrected chi connectivity index (χ0v) is 18.7. The molecule has 0 aromatic heterocycles.